The Morgan fingerprint density at radius 1 is 1.44 bits per heavy atom. The molecule has 18 heavy (non-hydrogen) atoms. The van der Waals surface area contributed by atoms with Crippen LogP contribution >= 0.6 is 0 Å². The Morgan fingerprint density at radius 3 is 3.00 bits per heavy atom. The van der Waals surface area contributed by atoms with Gasteiger partial charge < -0.3 is 19.9 Å². The second-order valence-electron chi connectivity index (χ2n) is 4.14. The van der Waals surface area contributed by atoms with Crippen LogP contribution in [0.25, 0.3) is 0 Å². The van der Waals surface area contributed by atoms with Crippen molar-refractivity contribution < 1.29 is 19.0 Å². The predicted octanol–water partition coefficient (Wildman–Crippen LogP) is 1.37. The maximum Gasteiger partial charge on any atom is 0.344 e. The highest BCUT2D eigenvalue weighted by atomic mass is 16.6. The topological polar surface area (TPSA) is 70.8 Å². The van der Waals surface area contributed by atoms with E-state index in [4.69, 9.17) is 19.9 Å². The van der Waals surface area contributed by atoms with Gasteiger partial charge in [0.05, 0.1) is 11.8 Å². The van der Waals surface area contributed by atoms with Gasteiger partial charge in [-0.15, -0.1) is 0 Å². The summed E-state index contributed by atoms with van der Waals surface area (Å²) in [5.74, 6) is 0.0836. The highest BCUT2D eigenvalue weighted by Crippen LogP contribution is 2.19. The smallest absolute Gasteiger partial charge is 0.344 e. The minimum Gasteiger partial charge on any atom is -0.480 e. The summed E-state index contributed by atoms with van der Waals surface area (Å²) in [4.78, 5) is 11.4. The summed E-state index contributed by atoms with van der Waals surface area (Å²) in [7, 11) is 0. The van der Waals surface area contributed by atoms with E-state index in [2.05, 4.69) is 0 Å². The monoisotopic (exact) mass is 251 g/mol. The molecule has 1 fully saturated rings. The van der Waals surface area contributed by atoms with Crippen LogP contribution in [-0.4, -0.2) is 31.9 Å². The van der Waals surface area contributed by atoms with Crippen molar-refractivity contribution in [2.24, 2.45) is 0 Å². The molecule has 1 atom stereocenters. The van der Waals surface area contributed by atoms with Crippen LogP contribution < -0.4 is 10.5 Å². The van der Waals surface area contributed by atoms with Gasteiger partial charge in [-0.2, -0.15) is 0 Å². The summed E-state index contributed by atoms with van der Waals surface area (Å²) in [6.45, 7) is 0.909. The molecule has 1 aromatic carbocycles. The number of esters is 1. The van der Waals surface area contributed by atoms with Crippen molar-refractivity contribution in [2.75, 3.05) is 25.6 Å². The van der Waals surface area contributed by atoms with Gasteiger partial charge in [-0.25, -0.2) is 4.79 Å². The van der Waals surface area contributed by atoms with Gasteiger partial charge in [0.25, 0.3) is 0 Å². The summed E-state index contributed by atoms with van der Waals surface area (Å²) in [5.41, 5.74) is 6.19. The average Bonchev–Trinajstić information content (AvgIpc) is 2.88. The fraction of sp³-hybridized carbons (Fsp3) is 0.462. The van der Waals surface area contributed by atoms with Gasteiger partial charge in [0.1, 0.15) is 12.4 Å². The number of rotatable bonds is 5. The van der Waals surface area contributed by atoms with E-state index >= 15 is 0 Å². The molecule has 2 N–H and O–H groups in total. The first-order chi connectivity index (χ1) is 8.75. The molecule has 0 aliphatic carbocycles. The molecular formula is C13H17NO4. The number of hydrogen-bond acceptors (Lipinski definition) is 5. The SMILES string of the molecule is Nc1ccccc1OCC(=O)OCC1CCCO1. The number of carbonyl (C=O) groups is 1. The molecule has 1 aromatic rings. The molecule has 1 aliphatic rings. The largest absolute Gasteiger partial charge is 0.480 e. The molecule has 2 rings (SSSR count). The number of hydrogen-bond donors (Lipinski definition) is 1. The maximum absolute atomic E-state index is 11.4. The standard InChI is InChI=1S/C13H17NO4/c14-11-5-1-2-6-12(11)17-9-13(15)18-8-10-4-3-7-16-10/h1-2,5-6,10H,3-4,7-9,14H2. The fourth-order valence-corrected chi connectivity index (χ4v) is 1.75. The average molecular weight is 251 g/mol. The Balaban J connectivity index is 1.69. The Labute approximate surface area is 106 Å². The van der Waals surface area contributed by atoms with Crippen LogP contribution in [0.3, 0.4) is 0 Å². The highest BCUT2D eigenvalue weighted by Gasteiger charge is 2.17. The third-order valence-corrected chi connectivity index (χ3v) is 2.72. The van der Waals surface area contributed by atoms with Crippen molar-refractivity contribution >= 4 is 11.7 Å². The molecule has 0 aromatic heterocycles. The van der Waals surface area contributed by atoms with Crippen LogP contribution in [0, 0.1) is 0 Å². The minimum atomic E-state index is -0.409. The Morgan fingerprint density at radius 2 is 2.28 bits per heavy atom. The lowest BCUT2D eigenvalue weighted by molar-refractivity contribution is -0.149. The number of anilines is 1. The molecule has 1 saturated heterocycles. The van der Waals surface area contributed by atoms with Gasteiger partial charge >= 0.3 is 5.97 Å². The summed E-state index contributed by atoms with van der Waals surface area (Å²) in [6, 6.07) is 7.02. The predicted molar refractivity (Wildman–Crippen MR) is 66.3 cm³/mol. The van der Waals surface area contributed by atoms with Gasteiger partial charge in [0.2, 0.25) is 0 Å². The molecule has 1 unspecified atom stereocenters. The normalized spacial score (nSPS) is 18.6. The first-order valence-electron chi connectivity index (χ1n) is 6.00. The molecule has 5 nitrogen and oxygen atoms in total. The molecule has 98 valence electrons. The first kappa shape index (κ1) is 12.7. The summed E-state index contributed by atoms with van der Waals surface area (Å²) in [6.07, 6.45) is 2.01. The number of ether oxygens (including phenoxy) is 3. The van der Waals surface area contributed by atoms with E-state index in [1.807, 2.05) is 0 Å². The summed E-state index contributed by atoms with van der Waals surface area (Å²) in [5, 5.41) is 0. The van der Waals surface area contributed by atoms with Gasteiger partial charge in [0, 0.05) is 6.61 Å². The van der Waals surface area contributed by atoms with E-state index in [1.54, 1.807) is 24.3 Å². The van der Waals surface area contributed by atoms with E-state index in [9.17, 15) is 4.79 Å². The molecule has 1 heterocycles. The van der Waals surface area contributed by atoms with E-state index in [0.29, 0.717) is 18.0 Å². The van der Waals surface area contributed by atoms with E-state index in [0.717, 1.165) is 19.4 Å². The van der Waals surface area contributed by atoms with Crippen LogP contribution in [0.4, 0.5) is 5.69 Å². The van der Waals surface area contributed by atoms with Crippen LogP contribution in [0.5, 0.6) is 5.75 Å². The number of carbonyl (C=O) groups excluding carboxylic acids is 1. The van der Waals surface area contributed by atoms with Crippen LogP contribution in [-0.2, 0) is 14.3 Å². The molecular weight excluding hydrogens is 234 g/mol. The van der Waals surface area contributed by atoms with Gasteiger partial charge in [-0.1, -0.05) is 12.1 Å². The molecule has 0 amide bonds. The summed E-state index contributed by atoms with van der Waals surface area (Å²) >= 11 is 0. The lowest BCUT2D eigenvalue weighted by Crippen LogP contribution is -2.21. The fourth-order valence-electron chi connectivity index (χ4n) is 1.75. The Kier molecular flexibility index (Phi) is 4.41. The lowest BCUT2D eigenvalue weighted by atomic mass is 10.2. The van der Waals surface area contributed by atoms with Crippen molar-refractivity contribution in [3.63, 3.8) is 0 Å². The molecule has 5 heteroatoms. The number of benzene rings is 1. The maximum atomic E-state index is 11.4. The number of nitrogens with two attached hydrogens (primary N) is 1. The van der Waals surface area contributed by atoms with Gasteiger partial charge in [0.15, 0.2) is 6.61 Å². The highest BCUT2D eigenvalue weighted by molar-refractivity contribution is 5.71. The zero-order chi connectivity index (χ0) is 12.8. The first-order valence-corrected chi connectivity index (χ1v) is 6.00. The van der Waals surface area contributed by atoms with E-state index in [1.165, 1.54) is 0 Å². The van der Waals surface area contributed by atoms with Crippen molar-refractivity contribution in [3.05, 3.63) is 24.3 Å². The van der Waals surface area contributed by atoms with Crippen molar-refractivity contribution in [3.8, 4) is 5.75 Å². The van der Waals surface area contributed by atoms with Crippen molar-refractivity contribution in [1.29, 1.82) is 0 Å². The van der Waals surface area contributed by atoms with Crippen molar-refractivity contribution in [2.45, 2.75) is 18.9 Å². The second kappa shape index (κ2) is 6.26. The molecule has 0 spiro atoms. The zero-order valence-electron chi connectivity index (χ0n) is 10.1. The van der Waals surface area contributed by atoms with Crippen LogP contribution in [0.2, 0.25) is 0 Å². The zero-order valence-corrected chi connectivity index (χ0v) is 10.1. The van der Waals surface area contributed by atoms with Crippen LogP contribution in [0.15, 0.2) is 24.3 Å². The second-order valence-corrected chi connectivity index (χ2v) is 4.14. The lowest BCUT2D eigenvalue weighted by Gasteiger charge is -2.11. The molecule has 1 aliphatic heterocycles. The third-order valence-electron chi connectivity index (χ3n) is 2.72. The molecule has 0 radical (unpaired) electrons. The number of para-hydroxylation sites is 2. The van der Waals surface area contributed by atoms with E-state index < -0.39 is 5.97 Å². The van der Waals surface area contributed by atoms with Crippen LogP contribution in [0.1, 0.15) is 12.8 Å². The number of nitrogen functional groups attached to an aromatic ring is 1. The van der Waals surface area contributed by atoms with Gasteiger partial charge in [-0.3, -0.25) is 0 Å². The van der Waals surface area contributed by atoms with Crippen molar-refractivity contribution in [1.82, 2.24) is 0 Å². The summed E-state index contributed by atoms with van der Waals surface area (Å²) < 4.78 is 15.7. The minimum absolute atomic E-state index is 0.0377. The third kappa shape index (κ3) is 3.63. The van der Waals surface area contributed by atoms with E-state index in [-0.39, 0.29) is 12.7 Å². The van der Waals surface area contributed by atoms with Gasteiger partial charge in [-0.05, 0) is 25.0 Å². The Hall–Kier alpha value is -1.75. The molecule has 0 saturated carbocycles. The quantitative estimate of drug-likeness (QED) is 0.632. The Bertz CT molecular complexity index is 402. The molecule has 0 bridgehead atoms.